The van der Waals surface area contributed by atoms with Gasteiger partial charge in [0.25, 0.3) is 0 Å². The number of hydrogen-bond donors (Lipinski definition) is 0. The van der Waals surface area contributed by atoms with Crippen LogP contribution in [0.1, 0.15) is 22.6 Å². The van der Waals surface area contributed by atoms with Crippen molar-refractivity contribution in [1.82, 2.24) is 29.0 Å². The zero-order valence-electron chi connectivity index (χ0n) is 17.5. The summed E-state index contributed by atoms with van der Waals surface area (Å²) in [6, 6.07) is 7.35. The van der Waals surface area contributed by atoms with Crippen LogP contribution in [0.25, 0.3) is 16.7 Å². The van der Waals surface area contributed by atoms with Gasteiger partial charge in [0.05, 0.1) is 11.6 Å². The fourth-order valence-electron chi connectivity index (χ4n) is 3.35. The molecule has 0 aliphatic rings. The number of rotatable bonds is 7. The van der Waals surface area contributed by atoms with Gasteiger partial charge in [-0.05, 0) is 51.2 Å². The molecule has 8 nitrogen and oxygen atoms in total. The van der Waals surface area contributed by atoms with Gasteiger partial charge in [0, 0.05) is 23.8 Å². The van der Waals surface area contributed by atoms with Gasteiger partial charge in [-0.25, -0.2) is 14.5 Å². The van der Waals surface area contributed by atoms with Gasteiger partial charge in [-0.15, -0.1) is 5.10 Å². The van der Waals surface area contributed by atoms with Crippen molar-refractivity contribution in [3.8, 4) is 0 Å². The number of oxime groups is 1. The van der Waals surface area contributed by atoms with Gasteiger partial charge in [-0.3, -0.25) is 0 Å². The van der Waals surface area contributed by atoms with E-state index < -0.39 is 0 Å². The highest BCUT2D eigenvalue weighted by molar-refractivity contribution is 6.30. The zero-order valence-corrected chi connectivity index (χ0v) is 18.3. The fraction of sp³-hybridized carbons (Fsp3) is 0.333. The van der Waals surface area contributed by atoms with E-state index in [-0.39, 0.29) is 6.61 Å². The number of nitrogens with zero attached hydrogens (tertiary/aromatic N) is 7. The molecule has 0 spiro atoms. The summed E-state index contributed by atoms with van der Waals surface area (Å²) in [7, 11) is 4.14. The average molecular weight is 426 g/mol. The Bertz CT molecular complexity index is 1210. The van der Waals surface area contributed by atoms with E-state index in [1.165, 1.54) is 11.3 Å². The van der Waals surface area contributed by atoms with Crippen LogP contribution in [0.3, 0.4) is 0 Å². The Morgan fingerprint density at radius 3 is 2.67 bits per heavy atom. The maximum absolute atomic E-state index is 5.88. The van der Waals surface area contributed by atoms with E-state index in [9.17, 15) is 0 Å². The van der Waals surface area contributed by atoms with E-state index in [2.05, 4.69) is 57.6 Å². The van der Waals surface area contributed by atoms with Crippen molar-refractivity contribution in [3.63, 3.8) is 0 Å². The predicted octanol–water partition coefficient (Wildman–Crippen LogP) is 3.46. The van der Waals surface area contributed by atoms with Gasteiger partial charge >= 0.3 is 0 Å². The Kier molecular flexibility index (Phi) is 5.69. The molecule has 0 bridgehead atoms. The van der Waals surface area contributed by atoms with Crippen molar-refractivity contribution in [1.29, 1.82) is 0 Å². The SMILES string of the molecule is Cc1c(C)n(CCN(C)C)c2ncn3nc(CO/N=C/c4ccc(Cl)cc4)nc3c12. The summed E-state index contributed by atoms with van der Waals surface area (Å²) in [6.07, 6.45) is 3.33. The van der Waals surface area contributed by atoms with Crippen molar-refractivity contribution in [3.05, 3.63) is 58.3 Å². The predicted molar refractivity (Wildman–Crippen MR) is 118 cm³/mol. The second-order valence-corrected chi connectivity index (χ2v) is 7.90. The molecule has 0 amide bonds. The quantitative estimate of drug-likeness (QED) is 0.335. The van der Waals surface area contributed by atoms with E-state index in [0.29, 0.717) is 10.8 Å². The topological polar surface area (TPSA) is 72.8 Å². The van der Waals surface area contributed by atoms with Crippen molar-refractivity contribution >= 4 is 34.5 Å². The molecule has 1 aromatic carbocycles. The Labute approximate surface area is 179 Å². The molecule has 0 aliphatic heterocycles. The van der Waals surface area contributed by atoms with Crippen LogP contribution in [0.15, 0.2) is 35.7 Å². The van der Waals surface area contributed by atoms with E-state index in [0.717, 1.165) is 35.3 Å². The molecule has 0 radical (unpaired) electrons. The summed E-state index contributed by atoms with van der Waals surface area (Å²) in [6.45, 7) is 6.21. The highest BCUT2D eigenvalue weighted by Gasteiger charge is 2.18. The summed E-state index contributed by atoms with van der Waals surface area (Å²) in [5.74, 6) is 0.552. The minimum absolute atomic E-state index is 0.173. The smallest absolute Gasteiger partial charge is 0.192 e. The third-order valence-corrected chi connectivity index (χ3v) is 5.35. The molecule has 30 heavy (non-hydrogen) atoms. The number of halogens is 1. The van der Waals surface area contributed by atoms with E-state index in [4.69, 9.17) is 16.4 Å². The molecular formula is C21H24ClN7O. The van der Waals surface area contributed by atoms with Crippen molar-refractivity contribution < 1.29 is 4.84 Å². The van der Waals surface area contributed by atoms with Crippen LogP contribution in [-0.4, -0.2) is 55.9 Å². The second kappa shape index (κ2) is 8.41. The lowest BCUT2D eigenvalue weighted by Crippen LogP contribution is -2.19. The van der Waals surface area contributed by atoms with Gasteiger partial charge < -0.3 is 14.3 Å². The molecule has 0 fully saturated rings. The Hall–Kier alpha value is -2.97. The lowest BCUT2D eigenvalue weighted by atomic mass is 10.2. The molecule has 4 aromatic rings. The Balaban J connectivity index is 1.57. The molecule has 0 unspecified atom stereocenters. The van der Waals surface area contributed by atoms with E-state index in [1.54, 1.807) is 29.2 Å². The third-order valence-electron chi connectivity index (χ3n) is 5.10. The molecule has 4 rings (SSSR count). The molecule has 0 saturated carbocycles. The molecule has 0 saturated heterocycles. The minimum Gasteiger partial charge on any atom is -0.387 e. The second-order valence-electron chi connectivity index (χ2n) is 7.46. The molecule has 3 heterocycles. The van der Waals surface area contributed by atoms with Crippen LogP contribution < -0.4 is 0 Å². The van der Waals surface area contributed by atoms with E-state index >= 15 is 0 Å². The number of aryl methyl sites for hydroxylation is 1. The van der Waals surface area contributed by atoms with Gasteiger partial charge in [0.15, 0.2) is 18.1 Å². The highest BCUT2D eigenvalue weighted by atomic mass is 35.5. The highest BCUT2D eigenvalue weighted by Crippen LogP contribution is 2.26. The maximum Gasteiger partial charge on any atom is 0.192 e. The third kappa shape index (κ3) is 4.01. The van der Waals surface area contributed by atoms with Crippen LogP contribution in [-0.2, 0) is 18.0 Å². The first-order valence-electron chi connectivity index (χ1n) is 9.69. The molecule has 156 valence electrons. The van der Waals surface area contributed by atoms with Crippen LogP contribution in [0.5, 0.6) is 0 Å². The van der Waals surface area contributed by atoms with Crippen molar-refractivity contribution in [2.24, 2.45) is 5.16 Å². The Morgan fingerprint density at radius 1 is 1.17 bits per heavy atom. The average Bonchev–Trinajstić information content (AvgIpc) is 3.24. The number of hydrogen-bond acceptors (Lipinski definition) is 6. The maximum atomic E-state index is 5.88. The summed E-state index contributed by atoms with van der Waals surface area (Å²) in [5.41, 5.74) is 4.98. The number of likely N-dealkylation sites (N-methyl/N-ethyl adjacent to an activating group) is 1. The van der Waals surface area contributed by atoms with Crippen LogP contribution in [0, 0.1) is 13.8 Å². The fourth-order valence-corrected chi connectivity index (χ4v) is 3.48. The summed E-state index contributed by atoms with van der Waals surface area (Å²) in [4.78, 5) is 16.9. The molecule has 9 heteroatoms. The molecular weight excluding hydrogens is 402 g/mol. The summed E-state index contributed by atoms with van der Waals surface area (Å²) >= 11 is 5.88. The largest absolute Gasteiger partial charge is 0.387 e. The number of benzene rings is 1. The van der Waals surface area contributed by atoms with Crippen LogP contribution in [0.4, 0.5) is 0 Å². The number of fused-ring (bicyclic) bond motifs is 3. The molecule has 0 aliphatic carbocycles. The molecule has 0 atom stereocenters. The van der Waals surface area contributed by atoms with Crippen molar-refractivity contribution in [2.75, 3.05) is 20.6 Å². The summed E-state index contributed by atoms with van der Waals surface area (Å²) < 4.78 is 3.94. The first kappa shape index (κ1) is 20.3. The van der Waals surface area contributed by atoms with Crippen LogP contribution in [0.2, 0.25) is 5.02 Å². The standard InChI is InChI=1S/C21H24ClN7O/c1-14-15(2)28(10-9-27(3)4)20-19(14)21-25-18(26-29(21)13-23-20)12-30-24-11-16-5-7-17(22)8-6-16/h5-8,11,13H,9-10,12H2,1-4H3/b24-11+. The monoisotopic (exact) mass is 425 g/mol. The summed E-state index contributed by atoms with van der Waals surface area (Å²) in [5, 5.41) is 10.2. The Morgan fingerprint density at radius 2 is 1.93 bits per heavy atom. The van der Waals surface area contributed by atoms with Gasteiger partial charge in [-0.2, -0.15) is 0 Å². The normalized spacial score (nSPS) is 12.1. The minimum atomic E-state index is 0.173. The molecule has 3 aromatic heterocycles. The first-order valence-corrected chi connectivity index (χ1v) is 10.1. The number of aromatic nitrogens is 5. The molecule has 0 N–H and O–H groups in total. The van der Waals surface area contributed by atoms with Gasteiger partial charge in [0.1, 0.15) is 12.0 Å². The van der Waals surface area contributed by atoms with Crippen molar-refractivity contribution in [2.45, 2.75) is 27.0 Å². The lowest BCUT2D eigenvalue weighted by molar-refractivity contribution is 0.126. The first-order chi connectivity index (χ1) is 14.4. The van der Waals surface area contributed by atoms with Crippen LogP contribution >= 0.6 is 11.6 Å². The lowest BCUT2D eigenvalue weighted by Gasteiger charge is -2.12. The van der Waals surface area contributed by atoms with Gasteiger partial charge in [-0.1, -0.05) is 28.9 Å². The zero-order chi connectivity index (χ0) is 21.3. The van der Waals surface area contributed by atoms with E-state index in [1.807, 2.05) is 12.1 Å². The van der Waals surface area contributed by atoms with Gasteiger partial charge in [0.2, 0.25) is 0 Å².